The second-order valence-electron chi connectivity index (χ2n) is 15.2. The quantitative estimate of drug-likeness (QED) is 0.161. The van der Waals surface area contributed by atoms with Gasteiger partial charge in [-0.1, -0.05) is 72.8 Å². The SMILES string of the molecule is Cc1c(C)c(=Nc2ccccc2)c2cc3cc4cc5cc6c(=Nc7ccccc7)c(C)c(C)c(=Nc7ccccc7)c6cc5cc4cc3cc2c1=Nc1ccccc1. The Morgan fingerprint density at radius 3 is 0.638 bits per heavy atom. The van der Waals surface area contributed by atoms with Crippen LogP contribution < -0.4 is 21.4 Å². The Morgan fingerprint density at radius 2 is 0.431 bits per heavy atom. The van der Waals surface area contributed by atoms with Crippen molar-refractivity contribution in [3.05, 3.63) is 214 Å². The van der Waals surface area contributed by atoms with Crippen molar-refractivity contribution >= 4 is 76.6 Å². The van der Waals surface area contributed by atoms with Gasteiger partial charge in [0, 0.05) is 21.5 Å². The summed E-state index contributed by atoms with van der Waals surface area (Å²) in [4.78, 5) is 21.0. The van der Waals surface area contributed by atoms with E-state index < -0.39 is 0 Å². The predicted molar refractivity (Wildman–Crippen MR) is 242 cm³/mol. The molecule has 0 atom stereocenters. The van der Waals surface area contributed by atoms with Crippen molar-refractivity contribution in [1.29, 1.82) is 0 Å². The Kier molecular flexibility index (Phi) is 8.68. The molecule has 0 radical (unpaired) electrons. The monoisotopic (exact) mass is 744 g/mol. The van der Waals surface area contributed by atoms with E-state index in [1.54, 1.807) is 0 Å². The van der Waals surface area contributed by atoms with E-state index in [1.165, 1.54) is 10.8 Å². The average Bonchev–Trinajstić information content (AvgIpc) is 3.26. The fourth-order valence-corrected chi connectivity index (χ4v) is 8.26. The number of benzene rings is 10. The van der Waals surface area contributed by atoms with Crippen LogP contribution in [0, 0.1) is 27.7 Å². The molecule has 0 fully saturated rings. The summed E-state index contributed by atoms with van der Waals surface area (Å²) < 4.78 is 0. The Labute approximate surface area is 336 Å². The van der Waals surface area contributed by atoms with Gasteiger partial charge in [-0.15, -0.1) is 0 Å². The molecule has 58 heavy (non-hydrogen) atoms. The van der Waals surface area contributed by atoms with Gasteiger partial charge in [0.05, 0.1) is 44.2 Å². The van der Waals surface area contributed by atoms with Crippen LogP contribution in [-0.2, 0) is 0 Å². The van der Waals surface area contributed by atoms with Gasteiger partial charge in [0.2, 0.25) is 0 Å². The number of rotatable bonds is 4. The zero-order valence-corrected chi connectivity index (χ0v) is 33.0. The van der Waals surface area contributed by atoms with Gasteiger partial charge >= 0.3 is 0 Å². The molecule has 0 aliphatic rings. The summed E-state index contributed by atoms with van der Waals surface area (Å²) in [6.07, 6.45) is 0. The van der Waals surface area contributed by atoms with Gasteiger partial charge in [-0.25, -0.2) is 20.0 Å². The number of para-hydroxylation sites is 4. The summed E-state index contributed by atoms with van der Waals surface area (Å²) in [6, 6.07) is 59.5. The first-order valence-corrected chi connectivity index (χ1v) is 19.8. The highest BCUT2D eigenvalue weighted by atomic mass is 14.8. The van der Waals surface area contributed by atoms with Crippen LogP contribution in [0.15, 0.2) is 190 Å². The van der Waals surface area contributed by atoms with E-state index in [1.807, 2.05) is 72.8 Å². The van der Waals surface area contributed by atoms with Gasteiger partial charge in [0.15, 0.2) is 0 Å². The lowest BCUT2D eigenvalue weighted by Gasteiger charge is -2.13. The summed E-state index contributed by atoms with van der Waals surface area (Å²) in [6.45, 7) is 8.67. The van der Waals surface area contributed by atoms with Crippen LogP contribution in [0.1, 0.15) is 22.3 Å². The first kappa shape index (κ1) is 35.1. The smallest absolute Gasteiger partial charge is 0.0748 e. The maximum absolute atomic E-state index is 5.24. The van der Waals surface area contributed by atoms with Crippen molar-refractivity contribution < 1.29 is 0 Å². The van der Waals surface area contributed by atoms with Crippen LogP contribution in [0.4, 0.5) is 22.7 Å². The third-order valence-corrected chi connectivity index (χ3v) is 11.6. The summed E-state index contributed by atoms with van der Waals surface area (Å²) in [5, 5.41) is 15.3. The number of nitrogens with zero attached hydrogens (tertiary/aromatic N) is 4. The lowest BCUT2D eigenvalue weighted by Crippen LogP contribution is -2.20. The number of hydrogen-bond donors (Lipinski definition) is 0. The van der Waals surface area contributed by atoms with E-state index in [-0.39, 0.29) is 0 Å². The van der Waals surface area contributed by atoms with E-state index >= 15 is 0 Å². The largest absolute Gasteiger partial charge is 0.248 e. The van der Waals surface area contributed by atoms with Crippen molar-refractivity contribution in [1.82, 2.24) is 0 Å². The lowest BCUT2D eigenvalue weighted by molar-refractivity contribution is 1.20. The molecule has 0 bridgehead atoms. The summed E-state index contributed by atoms with van der Waals surface area (Å²) >= 11 is 0. The van der Waals surface area contributed by atoms with Crippen LogP contribution in [-0.4, -0.2) is 0 Å². The molecule has 276 valence electrons. The van der Waals surface area contributed by atoms with Crippen LogP contribution in [0.25, 0.3) is 53.9 Å². The van der Waals surface area contributed by atoms with Gasteiger partial charge in [-0.05, 0) is 179 Å². The molecular formula is C54H40N4. The van der Waals surface area contributed by atoms with Gasteiger partial charge < -0.3 is 0 Å². The molecule has 10 rings (SSSR count). The highest BCUT2D eigenvalue weighted by Crippen LogP contribution is 2.32. The topological polar surface area (TPSA) is 49.4 Å². The van der Waals surface area contributed by atoms with Crippen LogP contribution >= 0.6 is 0 Å². The average molecular weight is 745 g/mol. The molecule has 0 amide bonds. The fourth-order valence-electron chi connectivity index (χ4n) is 8.26. The molecule has 0 N–H and O–H groups in total. The summed E-state index contributed by atoms with van der Waals surface area (Å²) in [5.74, 6) is 0. The molecular weight excluding hydrogens is 705 g/mol. The van der Waals surface area contributed by atoms with Gasteiger partial charge in [0.1, 0.15) is 0 Å². The maximum atomic E-state index is 5.24. The highest BCUT2D eigenvalue weighted by Gasteiger charge is 2.14. The fraction of sp³-hybridized carbons (Fsp3) is 0.0741. The number of hydrogen-bond acceptors (Lipinski definition) is 4. The van der Waals surface area contributed by atoms with E-state index in [0.717, 1.165) is 110 Å². The molecule has 0 aliphatic heterocycles. The van der Waals surface area contributed by atoms with E-state index in [4.69, 9.17) is 20.0 Å². The normalized spacial score (nSPS) is 13.2. The molecule has 4 nitrogen and oxygen atoms in total. The molecule has 0 aliphatic carbocycles. The molecule has 0 heterocycles. The van der Waals surface area contributed by atoms with Gasteiger partial charge in [-0.3, -0.25) is 0 Å². The molecule has 10 aromatic carbocycles. The minimum atomic E-state index is 0.930. The molecule has 0 saturated heterocycles. The van der Waals surface area contributed by atoms with Crippen LogP contribution in [0.2, 0.25) is 0 Å². The van der Waals surface area contributed by atoms with E-state index in [0.29, 0.717) is 0 Å². The molecule has 0 spiro atoms. The molecule has 0 saturated carbocycles. The van der Waals surface area contributed by atoms with E-state index in [9.17, 15) is 0 Å². The Bertz CT molecular complexity index is 3040. The second kappa shape index (κ2) is 14.3. The second-order valence-corrected chi connectivity index (χ2v) is 15.2. The lowest BCUT2D eigenvalue weighted by atomic mass is 9.93. The minimum absolute atomic E-state index is 0.930. The Hall–Kier alpha value is -7.30. The third-order valence-electron chi connectivity index (χ3n) is 11.6. The van der Waals surface area contributed by atoms with Crippen LogP contribution in [0.5, 0.6) is 0 Å². The minimum Gasteiger partial charge on any atom is -0.248 e. The Balaban J connectivity index is 1.27. The predicted octanol–water partition coefficient (Wildman–Crippen LogP) is 12.5. The zero-order chi connectivity index (χ0) is 39.3. The molecule has 10 aromatic rings. The van der Waals surface area contributed by atoms with Crippen molar-refractivity contribution in [2.75, 3.05) is 0 Å². The van der Waals surface area contributed by atoms with Crippen molar-refractivity contribution in [2.45, 2.75) is 27.7 Å². The van der Waals surface area contributed by atoms with Crippen LogP contribution in [0.3, 0.4) is 0 Å². The maximum Gasteiger partial charge on any atom is 0.0748 e. The van der Waals surface area contributed by atoms with Crippen molar-refractivity contribution in [2.24, 2.45) is 20.0 Å². The van der Waals surface area contributed by atoms with Gasteiger partial charge in [0.25, 0.3) is 0 Å². The molecule has 0 aromatic heterocycles. The zero-order valence-electron chi connectivity index (χ0n) is 33.0. The van der Waals surface area contributed by atoms with Crippen molar-refractivity contribution in [3.8, 4) is 0 Å². The standard InChI is InChI=1S/C54H40N4/c1-33-34(2)52(56-44-19-11-6-12-20-44)48-30-40-26-38-28-42-32-50-49(31-41(42)27-37(38)25-39(40)29-47(48)51(33)55-43-17-9-5-10-18-43)53(57-45-21-13-7-14-22-45)35(3)36(4)54(50)58-46-23-15-8-16-24-46/h5-32H,1-4H3. The highest BCUT2D eigenvalue weighted by molar-refractivity contribution is 6.10. The van der Waals surface area contributed by atoms with E-state index in [2.05, 4.69) is 125 Å². The Morgan fingerprint density at radius 1 is 0.241 bits per heavy atom. The number of fused-ring (bicyclic) bond motifs is 5. The molecule has 0 unspecified atom stereocenters. The third kappa shape index (κ3) is 6.29. The summed E-state index contributed by atoms with van der Waals surface area (Å²) in [5.41, 5.74) is 8.24. The summed E-state index contributed by atoms with van der Waals surface area (Å²) in [7, 11) is 0. The first-order chi connectivity index (χ1) is 28.4. The van der Waals surface area contributed by atoms with Crippen molar-refractivity contribution in [3.63, 3.8) is 0 Å². The molecule has 4 heteroatoms. The van der Waals surface area contributed by atoms with Gasteiger partial charge in [-0.2, -0.15) is 0 Å². The first-order valence-electron chi connectivity index (χ1n) is 19.8.